The van der Waals surface area contributed by atoms with Crippen molar-refractivity contribution in [1.29, 1.82) is 0 Å². The minimum absolute atomic E-state index is 0.103. The Labute approximate surface area is 140 Å². The molecule has 1 aromatic carbocycles. The van der Waals surface area contributed by atoms with Crippen LogP contribution in [0, 0.1) is 6.92 Å². The molecule has 0 saturated carbocycles. The fourth-order valence-electron chi connectivity index (χ4n) is 2.16. The van der Waals surface area contributed by atoms with Crippen LogP contribution in [-0.4, -0.2) is 36.5 Å². The Balaban J connectivity index is 1.85. The molecule has 0 atom stereocenters. The SMILES string of the molecule is COc1ccc(CCNC(=O)Cn2ncc(Cl)c2C)cc1OC. The predicted octanol–water partition coefficient (Wildman–Crippen LogP) is 2.22. The quantitative estimate of drug-likeness (QED) is 0.841. The number of benzene rings is 1. The monoisotopic (exact) mass is 337 g/mol. The smallest absolute Gasteiger partial charge is 0.241 e. The van der Waals surface area contributed by atoms with E-state index in [9.17, 15) is 4.79 Å². The molecule has 23 heavy (non-hydrogen) atoms. The van der Waals surface area contributed by atoms with Crippen LogP contribution in [0.4, 0.5) is 0 Å². The Morgan fingerprint density at radius 1 is 1.30 bits per heavy atom. The van der Waals surface area contributed by atoms with E-state index in [1.54, 1.807) is 18.9 Å². The average Bonchev–Trinajstić information content (AvgIpc) is 2.86. The van der Waals surface area contributed by atoms with Crippen LogP contribution in [0.25, 0.3) is 0 Å². The van der Waals surface area contributed by atoms with Gasteiger partial charge in [-0.2, -0.15) is 5.10 Å². The summed E-state index contributed by atoms with van der Waals surface area (Å²) in [6, 6.07) is 5.71. The van der Waals surface area contributed by atoms with Gasteiger partial charge in [-0.05, 0) is 31.0 Å². The van der Waals surface area contributed by atoms with Crippen molar-refractivity contribution in [1.82, 2.24) is 15.1 Å². The molecule has 0 aliphatic rings. The topological polar surface area (TPSA) is 65.4 Å². The van der Waals surface area contributed by atoms with Gasteiger partial charge in [-0.25, -0.2) is 0 Å². The number of aromatic nitrogens is 2. The van der Waals surface area contributed by atoms with Gasteiger partial charge in [-0.1, -0.05) is 17.7 Å². The van der Waals surface area contributed by atoms with Crippen molar-refractivity contribution in [3.63, 3.8) is 0 Å². The van der Waals surface area contributed by atoms with E-state index in [2.05, 4.69) is 10.4 Å². The number of hydrogen-bond donors (Lipinski definition) is 1. The number of nitrogens with one attached hydrogen (secondary N) is 1. The van der Waals surface area contributed by atoms with E-state index >= 15 is 0 Å². The van der Waals surface area contributed by atoms with Crippen LogP contribution < -0.4 is 14.8 Å². The van der Waals surface area contributed by atoms with Crippen LogP contribution in [0.15, 0.2) is 24.4 Å². The number of methoxy groups -OCH3 is 2. The lowest BCUT2D eigenvalue weighted by Gasteiger charge is -2.10. The Morgan fingerprint density at radius 3 is 2.65 bits per heavy atom. The maximum Gasteiger partial charge on any atom is 0.241 e. The third-order valence-electron chi connectivity index (χ3n) is 3.52. The lowest BCUT2D eigenvalue weighted by molar-refractivity contribution is -0.121. The van der Waals surface area contributed by atoms with E-state index in [1.165, 1.54) is 6.20 Å². The summed E-state index contributed by atoms with van der Waals surface area (Å²) < 4.78 is 12.0. The molecule has 0 bridgehead atoms. The Morgan fingerprint density at radius 2 is 2.04 bits per heavy atom. The first-order valence-electron chi connectivity index (χ1n) is 7.20. The summed E-state index contributed by atoms with van der Waals surface area (Å²) in [7, 11) is 3.20. The molecule has 7 heteroatoms. The summed E-state index contributed by atoms with van der Waals surface area (Å²) in [4.78, 5) is 11.9. The van der Waals surface area contributed by atoms with Gasteiger partial charge in [0.05, 0.1) is 31.1 Å². The van der Waals surface area contributed by atoms with Crippen molar-refractivity contribution < 1.29 is 14.3 Å². The predicted molar refractivity (Wildman–Crippen MR) is 88.2 cm³/mol. The van der Waals surface area contributed by atoms with Crippen LogP contribution in [0.5, 0.6) is 11.5 Å². The van der Waals surface area contributed by atoms with E-state index < -0.39 is 0 Å². The number of carbonyl (C=O) groups is 1. The van der Waals surface area contributed by atoms with Gasteiger partial charge >= 0.3 is 0 Å². The molecule has 0 aliphatic heterocycles. The molecule has 2 rings (SSSR count). The third-order valence-corrected chi connectivity index (χ3v) is 3.89. The summed E-state index contributed by atoms with van der Waals surface area (Å²) in [5.74, 6) is 1.26. The molecule has 1 amide bonds. The standard InChI is InChI=1S/C16H20ClN3O3/c1-11-13(17)9-19-20(11)10-16(21)18-7-6-12-4-5-14(22-2)15(8-12)23-3/h4-5,8-9H,6-7,10H2,1-3H3,(H,18,21). The lowest BCUT2D eigenvalue weighted by Crippen LogP contribution is -2.30. The molecule has 1 N–H and O–H groups in total. The van der Waals surface area contributed by atoms with Crippen molar-refractivity contribution >= 4 is 17.5 Å². The minimum atomic E-state index is -0.103. The van der Waals surface area contributed by atoms with Gasteiger partial charge in [0.15, 0.2) is 11.5 Å². The largest absolute Gasteiger partial charge is 0.493 e. The zero-order valence-corrected chi connectivity index (χ0v) is 14.2. The molecule has 0 aliphatic carbocycles. The van der Waals surface area contributed by atoms with Gasteiger partial charge in [0.2, 0.25) is 5.91 Å². The fraction of sp³-hybridized carbons (Fsp3) is 0.375. The third kappa shape index (κ3) is 4.39. The molecule has 0 unspecified atom stereocenters. The van der Waals surface area contributed by atoms with E-state index in [4.69, 9.17) is 21.1 Å². The zero-order chi connectivity index (χ0) is 16.8. The molecular weight excluding hydrogens is 318 g/mol. The van der Waals surface area contributed by atoms with Crippen molar-refractivity contribution in [2.45, 2.75) is 19.9 Å². The number of halogens is 1. The van der Waals surface area contributed by atoms with Gasteiger partial charge in [0.1, 0.15) is 6.54 Å². The van der Waals surface area contributed by atoms with E-state index in [1.807, 2.05) is 25.1 Å². The van der Waals surface area contributed by atoms with Crippen LogP contribution in [0.1, 0.15) is 11.3 Å². The second-order valence-corrected chi connectivity index (χ2v) is 5.43. The van der Waals surface area contributed by atoms with Gasteiger partial charge in [-0.3, -0.25) is 9.48 Å². The Kier molecular flexibility index (Phi) is 5.87. The highest BCUT2D eigenvalue weighted by Crippen LogP contribution is 2.27. The van der Waals surface area contributed by atoms with E-state index in [0.29, 0.717) is 29.5 Å². The van der Waals surface area contributed by atoms with Crippen LogP contribution in [0.2, 0.25) is 5.02 Å². The number of nitrogens with zero attached hydrogens (tertiary/aromatic N) is 2. The zero-order valence-electron chi connectivity index (χ0n) is 13.4. The fourth-order valence-corrected chi connectivity index (χ4v) is 2.30. The Hall–Kier alpha value is -2.21. The molecule has 2 aromatic rings. The number of hydrogen-bond acceptors (Lipinski definition) is 4. The molecule has 1 heterocycles. The molecular formula is C16H20ClN3O3. The molecule has 0 spiro atoms. The summed E-state index contributed by atoms with van der Waals surface area (Å²) in [5.41, 5.74) is 1.84. The molecule has 1 aromatic heterocycles. The molecule has 0 saturated heterocycles. The average molecular weight is 338 g/mol. The number of amides is 1. The first-order chi connectivity index (χ1) is 11.0. The van der Waals surface area contributed by atoms with Crippen LogP contribution in [0.3, 0.4) is 0 Å². The summed E-state index contributed by atoms with van der Waals surface area (Å²) in [6.45, 7) is 2.51. The maximum atomic E-state index is 11.9. The normalized spacial score (nSPS) is 10.4. The van der Waals surface area contributed by atoms with Crippen molar-refractivity contribution in [3.05, 3.63) is 40.7 Å². The first-order valence-corrected chi connectivity index (χ1v) is 7.58. The summed E-state index contributed by atoms with van der Waals surface area (Å²) in [5, 5.41) is 7.48. The molecule has 124 valence electrons. The second kappa shape index (κ2) is 7.87. The highest BCUT2D eigenvalue weighted by molar-refractivity contribution is 6.31. The van der Waals surface area contributed by atoms with Gasteiger partial charge in [0.25, 0.3) is 0 Å². The van der Waals surface area contributed by atoms with Crippen LogP contribution >= 0.6 is 11.6 Å². The van der Waals surface area contributed by atoms with Gasteiger partial charge < -0.3 is 14.8 Å². The molecule has 0 fully saturated rings. The van der Waals surface area contributed by atoms with E-state index in [-0.39, 0.29) is 12.5 Å². The summed E-state index contributed by atoms with van der Waals surface area (Å²) in [6.07, 6.45) is 2.23. The van der Waals surface area contributed by atoms with E-state index in [0.717, 1.165) is 11.3 Å². The first kappa shape index (κ1) is 17.1. The lowest BCUT2D eigenvalue weighted by atomic mass is 10.1. The molecule has 0 radical (unpaired) electrons. The number of ether oxygens (including phenoxy) is 2. The van der Waals surface area contributed by atoms with Crippen molar-refractivity contribution in [2.75, 3.05) is 20.8 Å². The van der Waals surface area contributed by atoms with Gasteiger partial charge in [-0.15, -0.1) is 0 Å². The minimum Gasteiger partial charge on any atom is -0.493 e. The summed E-state index contributed by atoms with van der Waals surface area (Å²) >= 11 is 5.91. The highest BCUT2D eigenvalue weighted by atomic mass is 35.5. The Bertz CT molecular complexity index is 685. The number of rotatable bonds is 7. The second-order valence-electron chi connectivity index (χ2n) is 5.02. The van der Waals surface area contributed by atoms with Gasteiger partial charge in [0, 0.05) is 6.54 Å². The number of carbonyl (C=O) groups excluding carboxylic acids is 1. The molecule has 6 nitrogen and oxygen atoms in total. The highest BCUT2D eigenvalue weighted by Gasteiger charge is 2.09. The van der Waals surface area contributed by atoms with Crippen molar-refractivity contribution in [2.24, 2.45) is 0 Å². The maximum absolute atomic E-state index is 11.9. The van der Waals surface area contributed by atoms with Crippen LogP contribution in [-0.2, 0) is 17.8 Å². The van der Waals surface area contributed by atoms with Crippen molar-refractivity contribution in [3.8, 4) is 11.5 Å².